The number of allylic oxidation sites excluding steroid dienone is 1. The zero-order valence-corrected chi connectivity index (χ0v) is 14.5. The molecule has 1 fully saturated rings. The molecule has 3 rings (SSSR count). The van der Waals surface area contributed by atoms with Crippen molar-refractivity contribution in [2.24, 2.45) is 5.92 Å². The van der Waals surface area contributed by atoms with E-state index in [0.717, 1.165) is 25.0 Å². The molecule has 1 amide bonds. The summed E-state index contributed by atoms with van der Waals surface area (Å²) in [4.78, 5) is 18.4. The van der Waals surface area contributed by atoms with Crippen LogP contribution >= 0.6 is 0 Å². The number of nitrogens with zero attached hydrogens (tertiary/aromatic N) is 3. The molecular weight excluding hydrogens is 321 g/mol. The van der Waals surface area contributed by atoms with Gasteiger partial charge in [-0.1, -0.05) is 22.9 Å². The first-order valence-corrected chi connectivity index (χ1v) is 8.54. The van der Waals surface area contributed by atoms with Crippen LogP contribution in [0.5, 0.6) is 0 Å². The molecule has 2 aromatic rings. The van der Waals surface area contributed by atoms with Crippen LogP contribution in [0.15, 0.2) is 40.4 Å². The number of rotatable bonds is 4. The molecule has 0 saturated carbocycles. The van der Waals surface area contributed by atoms with Crippen molar-refractivity contribution in [2.45, 2.75) is 33.1 Å². The minimum absolute atomic E-state index is 0.0577. The monoisotopic (exact) mass is 343 g/mol. The molecule has 1 saturated heterocycles. The van der Waals surface area contributed by atoms with Gasteiger partial charge in [0.2, 0.25) is 17.6 Å². The number of carbonyl (C=O) groups is 1. The molecule has 2 heterocycles. The molecule has 0 radical (unpaired) electrons. The van der Waals surface area contributed by atoms with Crippen molar-refractivity contribution in [2.75, 3.05) is 13.1 Å². The molecule has 0 bridgehead atoms. The van der Waals surface area contributed by atoms with E-state index in [9.17, 15) is 9.18 Å². The zero-order chi connectivity index (χ0) is 17.8. The third-order valence-electron chi connectivity index (χ3n) is 4.29. The van der Waals surface area contributed by atoms with Gasteiger partial charge in [0, 0.05) is 25.6 Å². The van der Waals surface area contributed by atoms with Crippen LogP contribution in [0.3, 0.4) is 0 Å². The lowest BCUT2D eigenvalue weighted by molar-refractivity contribution is -0.127. The second kappa shape index (κ2) is 7.59. The van der Waals surface area contributed by atoms with Crippen molar-refractivity contribution in [1.29, 1.82) is 0 Å². The van der Waals surface area contributed by atoms with Gasteiger partial charge in [-0.05, 0) is 44.7 Å². The van der Waals surface area contributed by atoms with Crippen LogP contribution < -0.4 is 0 Å². The van der Waals surface area contributed by atoms with E-state index in [2.05, 4.69) is 10.1 Å². The van der Waals surface area contributed by atoms with E-state index < -0.39 is 0 Å². The molecule has 6 heteroatoms. The number of hydrogen-bond donors (Lipinski definition) is 0. The summed E-state index contributed by atoms with van der Waals surface area (Å²) in [6.07, 6.45) is 4.24. The highest BCUT2D eigenvalue weighted by Crippen LogP contribution is 2.23. The molecule has 0 spiro atoms. The zero-order valence-electron chi connectivity index (χ0n) is 14.5. The Hall–Kier alpha value is -2.50. The summed E-state index contributed by atoms with van der Waals surface area (Å²) < 4.78 is 19.1. The second-order valence-corrected chi connectivity index (χ2v) is 6.71. The van der Waals surface area contributed by atoms with E-state index in [-0.39, 0.29) is 23.5 Å². The lowest BCUT2D eigenvalue weighted by Crippen LogP contribution is -2.39. The topological polar surface area (TPSA) is 59.2 Å². The molecule has 0 aliphatic carbocycles. The highest BCUT2D eigenvalue weighted by Gasteiger charge is 2.25. The van der Waals surface area contributed by atoms with Crippen LogP contribution in [0.25, 0.3) is 11.4 Å². The molecule has 25 heavy (non-hydrogen) atoms. The van der Waals surface area contributed by atoms with E-state index in [4.69, 9.17) is 4.52 Å². The first kappa shape index (κ1) is 17.3. The van der Waals surface area contributed by atoms with Crippen molar-refractivity contribution in [3.05, 3.63) is 47.6 Å². The fraction of sp³-hybridized carbons (Fsp3) is 0.421. The molecule has 1 aliphatic heterocycles. The third kappa shape index (κ3) is 4.32. The molecule has 132 valence electrons. The average molecular weight is 343 g/mol. The Morgan fingerprint density at radius 1 is 1.40 bits per heavy atom. The van der Waals surface area contributed by atoms with Gasteiger partial charge in [0.1, 0.15) is 5.82 Å². The minimum Gasteiger partial charge on any atom is -0.339 e. The predicted molar refractivity (Wildman–Crippen MR) is 92.1 cm³/mol. The van der Waals surface area contributed by atoms with Crippen molar-refractivity contribution < 1.29 is 13.7 Å². The molecule has 1 aromatic heterocycles. The Kier molecular flexibility index (Phi) is 5.26. The Morgan fingerprint density at radius 3 is 2.96 bits per heavy atom. The fourth-order valence-electron chi connectivity index (χ4n) is 3.11. The number of amides is 1. The van der Waals surface area contributed by atoms with Gasteiger partial charge in [-0.15, -0.1) is 0 Å². The van der Waals surface area contributed by atoms with Crippen molar-refractivity contribution >= 4 is 5.91 Å². The predicted octanol–water partition coefficient (Wildman–Crippen LogP) is 3.62. The van der Waals surface area contributed by atoms with Crippen molar-refractivity contribution in [1.82, 2.24) is 15.0 Å². The highest BCUT2D eigenvalue weighted by molar-refractivity contribution is 5.88. The summed E-state index contributed by atoms with van der Waals surface area (Å²) in [6, 6.07) is 6.37. The maximum absolute atomic E-state index is 13.8. The number of carbonyl (C=O) groups excluding carboxylic acids is 1. The Bertz CT molecular complexity index is 780. The lowest BCUT2D eigenvalue weighted by Gasteiger charge is -2.31. The van der Waals surface area contributed by atoms with E-state index >= 15 is 0 Å². The van der Waals surface area contributed by atoms with E-state index in [1.807, 2.05) is 18.7 Å². The standard InChI is InChI=1S/C19H22FN3O2/c1-13(2)10-18(24)23-9-5-6-14(12-23)11-17-21-19(22-25-17)15-7-3-4-8-16(15)20/h3-4,7-8,10,14H,5-6,9,11-12H2,1-2H3/t14-/m0/s1. The van der Waals surface area contributed by atoms with Gasteiger partial charge >= 0.3 is 0 Å². The van der Waals surface area contributed by atoms with E-state index in [0.29, 0.717) is 24.4 Å². The maximum Gasteiger partial charge on any atom is 0.246 e. The first-order chi connectivity index (χ1) is 12.0. The smallest absolute Gasteiger partial charge is 0.246 e. The molecule has 1 aromatic carbocycles. The number of likely N-dealkylation sites (tertiary alicyclic amines) is 1. The number of aromatic nitrogens is 2. The highest BCUT2D eigenvalue weighted by atomic mass is 19.1. The Morgan fingerprint density at radius 2 is 2.20 bits per heavy atom. The minimum atomic E-state index is -0.369. The third-order valence-corrected chi connectivity index (χ3v) is 4.29. The van der Waals surface area contributed by atoms with Crippen molar-refractivity contribution in [3.8, 4) is 11.4 Å². The van der Waals surface area contributed by atoms with E-state index in [1.165, 1.54) is 6.07 Å². The summed E-state index contributed by atoms with van der Waals surface area (Å²) in [5.74, 6) is 0.714. The summed E-state index contributed by atoms with van der Waals surface area (Å²) in [6.45, 7) is 5.30. The number of halogens is 1. The second-order valence-electron chi connectivity index (χ2n) is 6.71. The molecule has 0 unspecified atom stereocenters. The summed E-state index contributed by atoms with van der Waals surface area (Å²) >= 11 is 0. The van der Waals surface area contributed by atoms with Gasteiger partial charge in [-0.2, -0.15) is 4.98 Å². The van der Waals surface area contributed by atoms with Crippen LogP contribution in [0.2, 0.25) is 0 Å². The fourth-order valence-corrected chi connectivity index (χ4v) is 3.11. The largest absolute Gasteiger partial charge is 0.339 e. The van der Waals surface area contributed by atoms with Gasteiger partial charge < -0.3 is 9.42 Å². The van der Waals surface area contributed by atoms with E-state index in [1.54, 1.807) is 24.3 Å². The van der Waals surface area contributed by atoms with Gasteiger partial charge in [0.15, 0.2) is 0 Å². The number of piperidine rings is 1. The number of hydrogen-bond acceptors (Lipinski definition) is 4. The summed E-state index contributed by atoms with van der Waals surface area (Å²) in [7, 11) is 0. The van der Waals surface area contributed by atoms with Crippen molar-refractivity contribution in [3.63, 3.8) is 0 Å². The average Bonchev–Trinajstić information content (AvgIpc) is 3.03. The van der Waals surface area contributed by atoms with Crippen LogP contribution in [-0.4, -0.2) is 34.0 Å². The summed E-state index contributed by atoms with van der Waals surface area (Å²) in [5, 5.41) is 3.89. The normalized spacial score (nSPS) is 17.4. The van der Waals surface area contributed by atoms with Gasteiger partial charge in [0.05, 0.1) is 5.56 Å². The Labute approximate surface area is 146 Å². The SMILES string of the molecule is CC(C)=CC(=O)N1CCC[C@@H](Cc2nc(-c3ccccc3F)no2)C1. The molecule has 1 aliphatic rings. The maximum atomic E-state index is 13.8. The lowest BCUT2D eigenvalue weighted by atomic mass is 9.94. The van der Waals surface area contributed by atoms with Gasteiger partial charge in [0.25, 0.3) is 0 Å². The molecular formula is C19H22FN3O2. The van der Waals surface area contributed by atoms with Gasteiger partial charge in [-0.25, -0.2) is 4.39 Å². The van der Waals surface area contributed by atoms with Gasteiger partial charge in [-0.3, -0.25) is 4.79 Å². The van der Waals surface area contributed by atoms with Crippen LogP contribution in [0.4, 0.5) is 4.39 Å². The quantitative estimate of drug-likeness (QED) is 0.796. The summed E-state index contributed by atoms with van der Waals surface area (Å²) in [5.41, 5.74) is 1.33. The molecule has 0 N–H and O–H groups in total. The Balaban J connectivity index is 1.66. The molecule has 1 atom stereocenters. The number of benzene rings is 1. The van der Waals surface area contributed by atoms with Crippen LogP contribution in [0, 0.1) is 11.7 Å². The first-order valence-electron chi connectivity index (χ1n) is 8.54. The van der Waals surface area contributed by atoms with Crippen LogP contribution in [0.1, 0.15) is 32.6 Å². The molecule has 5 nitrogen and oxygen atoms in total. The van der Waals surface area contributed by atoms with Crippen LogP contribution in [-0.2, 0) is 11.2 Å².